The molecule has 0 spiro atoms. The number of para-hydroxylation sites is 1. The monoisotopic (exact) mass is 398 g/mol. The van der Waals surface area contributed by atoms with E-state index in [4.69, 9.17) is 16.3 Å². The second-order valence-corrected chi connectivity index (χ2v) is 6.50. The summed E-state index contributed by atoms with van der Waals surface area (Å²) < 4.78 is 7.16. The van der Waals surface area contributed by atoms with E-state index in [9.17, 15) is 4.79 Å². The molecule has 1 aromatic heterocycles. The number of nitrogens with zero attached hydrogens (tertiary/aromatic N) is 3. The summed E-state index contributed by atoms with van der Waals surface area (Å²) in [6, 6.07) is 16.6. The number of nitrogens with one attached hydrogen (secondary N) is 1. The quantitative estimate of drug-likeness (QED) is 0.599. The summed E-state index contributed by atoms with van der Waals surface area (Å²) in [5.74, 6) is 0.286. The Kier molecular flexibility index (Phi) is 6.55. The van der Waals surface area contributed by atoms with E-state index < -0.39 is 0 Å². The summed E-state index contributed by atoms with van der Waals surface area (Å²) in [4.78, 5) is 14.9. The SMILES string of the molecule is CCN(CC)c1ccc(NC(=O)c2ccnn2COc2ccccc2Cl)cc1. The van der Waals surface area contributed by atoms with Crippen LogP contribution in [-0.2, 0) is 6.73 Å². The van der Waals surface area contributed by atoms with Gasteiger partial charge in [0.25, 0.3) is 5.91 Å². The van der Waals surface area contributed by atoms with Gasteiger partial charge in [-0.15, -0.1) is 0 Å². The lowest BCUT2D eigenvalue weighted by Crippen LogP contribution is -2.22. The van der Waals surface area contributed by atoms with Gasteiger partial charge in [0.15, 0.2) is 6.73 Å². The topological polar surface area (TPSA) is 59.4 Å². The van der Waals surface area contributed by atoms with Crippen LogP contribution in [0.25, 0.3) is 0 Å². The van der Waals surface area contributed by atoms with E-state index in [1.165, 1.54) is 4.68 Å². The fourth-order valence-corrected chi connectivity index (χ4v) is 3.05. The molecule has 7 heteroatoms. The lowest BCUT2D eigenvalue weighted by atomic mass is 10.2. The van der Waals surface area contributed by atoms with Crippen molar-refractivity contribution >= 4 is 28.9 Å². The average Bonchev–Trinajstić information content (AvgIpc) is 3.18. The fraction of sp³-hybridized carbons (Fsp3) is 0.238. The molecule has 0 aliphatic heterocycles. The molecule has 28 heavy (non-hydrogen) atoms. The van der Waals surface area contributed by atoms with Crippen molar-refractivity contribution in [3.8, 4) is 5.75 Å². The van der Waals surface area contributed by atoms with Gasteiger partial charge in [-0.1, -0.05) is 23.7 Å². The minimum atomic E-state index is -0.254. The van der Waals surface area contributed by atoms with Crippen LogP contribution in [0, 0.1) is 0 Å². The largest absolute Gasteiger partial charge is 0.470 e. The van der Waals surface area contributed by atoms with Gasteiger partial charge in [-0.2, -0.15) is 5.10 Å². The maximum absolute atomic E-state index is 12.6. The first-order chi connectivity index (χ1) is 13.6. The first-order valence-electron chi connectivity index (χ1n) is 9.17. The molecule has 2 aromatic carbocycles. The Morgan fingerprint density at radius 1 is 1.11 bits per heavy atom. The Balaban J connectivity index is 1.65. The van der Waals surface area contributed by atoms with Crippen molar-refractivity contribution in [2.45, 2.75) is 20.6 Å². The Morgan fingerprint density at radius 2 is 1.82 bits per heavy atom. The molecule has 3 aromatic rings. The number of aromatic nitrogens is 2. The zero-order chi connectivity index (χ0) is 19.9. The standard InChI is InChI=1S/C21H23ClN4O2/c1-3-25(4-2)17-11-9-16(10-12-17)24-21(27)19-13-14-23-26(19)15-28-20-8-6-5-7-18(20)22/h5-14H,3-4,15H2,1-2H3,(H,24,27). The minimum absolute atomic E-state index is 0.0837. The molecule has 0 saturated carbocycles. The van der Waals surface area contributed by atoms with Crippen molar-refractivity contribution < 1.29 is 9.53 Å². The number of benzene rings is 2. The van der Waals surface area contributed by atoms with Gasteiger partial charge < -0.3 is 15.0 Å². The summed E-state index contributed by atoms with van der Waals surface area (Å²) in [6.45, 7) is 6.19. The number of carbonyl (C=O) groups is 1. The smallest absolute Gasteiger partial charge is 0.274 e. The van der Waals surface area contributed by atoms with Gasteiger partial charge in [-0.05, 0) is 56.3 Å². The number of ether oxygens (including phenoxy) is 1. The summed E-state index contributed by atoms with van der Waals surface area (Å²) in [5, 5.41) is 7.57. The maximum atomic E-state index is 12.6. The molecule has 146 valence electrons. The summed E-state index contributed by atoms with van der Waals surface area (Å²) in [5.41, 5.74) is 2.25. The highest BCUT2D eigenvalue weighted by molar-refractivity contribution is 6.32. The second kappa shape index (κ2) is 9.28. The van der Waals surface area contributed by atoms with E-state index in [0.29, 0.717) is 16.5 Å². The lowest BCUT2D eigenvalue weighted by Gasteiger charge is -2.21. The molecule has 0 aliphatic rings. The van der Waals surface area contributed by atoms with Gasteiger partial charge >= 0.3 is 0 Å². The second-order valence-electron chi connectivity index (χ2n) is 6.09. The number of hydrogen-bond donors (Lipinski definition) is 1. The van der Waals surface area contributed by atoms with Crippen molar-refractivity contribution in [3.05, 3.63) is 71.5 Å². The molecule has 0 bridgehead atoms. The molecule has 0 atom stereocenters. The molecular formula is C21H23ClN4O2. The van der Waals surface area contributed by atoms with E-state index >= 15 is 0 Å². The van der Waals surface area contributed by atoms with Crippen LogP contribution in [0.5, 0.6) is 5.75 Å². The predicted octanol–water partition coefficient (Wildman–Crippen LogP) is 4.67. The summed E-state index contributed by atoms with van der Waals surface area (Å²) in [6.07, 6.45) is 1.56. The Hall–Kier alpha value is -2.99. The van der Waals surface area contributed by atoms with Crippen LogP contribution < -0.4 is 15.0 Å². The van der Waals surface area contributed by atoms with Crippen LogP contribution >= 0.6 is 11.6 Å². The highest BCUT2D eigenvalue weighted by Gasteiger charge is 2.13. The Bertz CT molecular complexity index is 920. The van der Waals surface area contributed by atoms with Gasteiger partial charge in [0.1, 0.15) is 11.4 Å². The van der Waals surface area contributed by atoms with E-state index in [2.05, 4.69) is 29.2 Å². The van der Waals surface area contributed by atoms with Crippen molar-refractivity contribution in [2.75, 3.05) is 23.3 Å². The zero-order valence-electron chi connectivity index (χ0n) is 15.9. The van der Waals surface area contributed by atoms with Gasteiger partial charge in [0.2, 0.25) is 0 Å². The summed E-state index contributed by atoms with van der Waals surface area (Å²) >= 11 is 6.09. The number of carbonyl (C=O) groups excluding carboxylic acids is 1. The van der Waals surface area contributed by atoms with Crippen molar-refractivity contribution in [2.24, 2.45) is 0 Å². The Labute approximate surface area is 169 Å². The molecule has 0 unspecified atom stereocenters. The van der Waals surface area contributed by atoms with E-state index in [-0.39, 0.29) is 12.6 Å². The third-order valence-electron chi connectivity index (χ3n) is 4.38. The van der Waals surface area contributed by atoms with Gasteiger partial charge in [-0.25, -0.2) is 4.68 Å². The Morgan fingerprint density at radius 3 is 2.50 bits per heavy atom. The highest BCUT2D eigenvalue weighted by atomic mass is 35.5. The molecule has 1 amide bonds. The first kappa shape index (κ1) is 19.8. The van der Waals surface area contributed by atoms with Crippen LogP contribution in [-0.4, -0.2) is 28.8 Å². The molecule has 3 rings (SSSR count). The van der Waals surface area contributed by atoms with Crippen LogP contribution in [0.3, 0.4) is 0 Å². The van der Waals surface area contributed by atoms with Gasteiger partial charge in [-0.3, -0.25) is 4.79 Å². The van der Waals surface area contributed by atoms with E-state index in [1.807, 2.05) is 36.4 Å². The lowest BCUT2D eigenvalue weighted by molar-refractivity contribution is 0.100. The maximum Gasteiger partial charge on any atom is 0.274 e. The predicted molar refractivity (Wildman–Crippen MR) is 112 cm³/mol. The third-order valence-corrected chi connectivity index (χ3v) is 4.69. The number of hydrogen-bond acceptors (Lipinski definition) is 4. The molecule has 0 radical (unpaired) electrons. The first-order valence-corrected chi connectivity index (χ1v) is 9.55. The molecule has 0 aliphatic carbocycles. The number of halogens is 1. The molecule has 0 saturated heterocycles. The number of anilines is 2. The molecule has 0 fully saturated rings. The number of amides is 1. The molecule has 1 heterocycles. The highest BCUT2D eigenvalue weighted by Crippen LogP contribution is 2.23. The van der Waals surface area contributed by atoms with Crippen LogP contribution in [0.4, 0.5) is 11.4 Å². The van der Waals surface area contributed by atoms with Gasteiger partial charge in [0.05, 0.1) is 5.02 Å². The molecule has 1 N–H and O–H groups in total. The van der Waals surface area contributed by atoms with Gasteiger partial charge in [0, 0.05) is 30.7 Å². The normalized spacial score (nSPS) is 10.5. The van der Waals surface area contributed by atoms with Crippen LogP contribution in [0.15, 0.2) is 60.8 Å². The van der Waals surface area contributed by atoms with Crippen molar-refractivity contribution in [3.63, 3.8) is 0 Å². The minimum Gasteiger partial charge on any atom is -0.470 e. The van der Waals surface area contributed by atoms with Crippen molar-refractivity contribution in [1.82, 2.24) is 9.78 Å². The third kappa shape index (κ3) is 4.64. The summed E-state index contributed by atoms with van der Waals surface area (Å²) in [7, 11) is 0. The van der Waals surface area contributed by atoms with E-state index in [1.54, 1.807) is 24.4 Å². The van der Waals surface area contributed by atoms with Crippen LogP contribution in [0.1, 0.15) is 24.3 Å². The fourth-order valence-electron chi connectivity index (χ4n) is 2.86. The molecular weight excluding hydrogens is 376 g/mol. The van der Waals surface area contributed by atoms with E-state index in [0.717, 1.165) is 24.5 Å². The van der Waals surface area contributed by atoms with Crippen LogP contribution in [0.2, 0.25) is 5.02 Å². The average molecular weight is 399 g/mol. The molecule has 6 nitrogen and oxygen atoms in total. The van der Waals surface area contributed by atoms with Crippen molar-refractivity contribution in [1.29, 1.82) is 0 Å². The number of rotatable bonds is 8. The zero-order valence-corrected chi connectivity index (χ0v) is 16.7.